The summed E-state index contributed by atoms with van der Waals surface area (Å²) in [5.74, 6) is 0.729. The number of halogens is 2. The van der Waals surface area contributed by atoms with Gasteiger partial charge in [0.1, 0.15) is 0 Å². The molecule has 0 aliphatic carbocycles. The van der Waals surface area contributed by atoms with E-state index in [-0.39, 0.29) is 18.3 Å². The zero-order chi connectivity index (χ0) is 12.1. The molecule has 18 heavy (non-hydrogen) atoms. The smallest absolute Gasteiger partial charge is 0.225 e. The zero-order valence-corrected chi connectivity index (χ0v) is 13.3. The highest BCUT2D eigenvalue weighted by atomic mass is 79.9. The minimum Gasteiger partial charge on any atom is -0.355 e. The lowest BCUT2D eigenvalue weighted by molar-refractivity contribution is -0.120. The molecule has 1 aliphatic heterocycles. The van der Waals surface area contributed by atoms with E-state index in [4.69, 9.17) is 0 Å². The van der Waals surface area contributed by atoms with Gasteiger partial charge in [-0.2, -0.15) is 0 Å². The Morgan fingerprint density at radius 3 is 3.00 bits per heavy atom. The van der Waals surface area contributed by atoms with Crippen LogP contribution < -0.4 is 10.6 Å². The lowest BCUT2D eigenvalue weighted by atomic mass is 10.00. The number of nitrogens with one attached hydrogen (secondary N) is 2. The number of rotatable bonds is 4. The Kier molecular flexibility index (Phi) is 7.22. The summed E-state index contributed by atoms with van der Waals surface area (Å²) in [5.41, 5.74) is 0. The minimum atomic E-state index is 0. The van der Waals surface area contributed by atoms with Crippen molar-refractivity contribution >= 4 is 45.6 Å². The van der Waals surface area contributed by atoms with E-state index in [9.17, 15) is 4.79 Å². The van der Waals surface area contributed by atoms with E-state index in [1.165, 1.54) is 12.8 Å². The number of hydrogen-bond donors (Lipinski definition) is 2. The van der Waals surface area contributed by atoms with E-state index >= 15 is 0 Å². The quantitative estimate of drug-likeness (QED) is 0.873. The topological polar surface area (TPSA) is 41.1 Å². The highest BCUT2D eigenvalue weighted by Gasteiger charge is 2.14. The van der Waals surface area contributed by atoms with Crippen molar-refractivity contribution in [3.05, 3.63) is 20.8 Å². The van der Waals surface area contributed by atoms with Gasteiger partial charge in [-0.15, -0.1) is 23.7 Å². The van der Waals surface area contributed by atoms with Gasteiger partial charge in [0.05, 0.1) is 10.2 Å². The molecule has 1 aromatic heterocycles. The standard InChI is InChI=1S/C12H17BrN2OS.ClH/c13-11-4-3-10(17-11)6-12(16)15-8-9-2-1-5-14-7-9;/h3-4,9,14H,1-2,5-8H2,(H,15,16);1H. The molecular formula is C12H18BrClN2OS. The zero-order valence-electron chi connectivity index (χ0n) is 10.1. The van der Waals surface area contributed by atoms with Gasteiger partial charge < -0.3 is 10.6 Å². The summed E-state index contributed by atoms with van der Waals surface area (Å²) in [5, 5.41) is 6.38. The van der Waals surface area contributed by atoms with Gasteiger partial charge in [0.2, 0.25) is 5.91 Å². The second-order valence-corrected chi connectivity index (χ2v) is 6.95. The van der Waals surface area contributed by atoms with Crippen LogP contribution >= 0.6 is 39.7 Å². The first kappa shape index (κ1) is 16.0. The molecule has 1 aromatic rings. The average molecular weight is 354 g/mol. The Bertz CT molecular complexity index is 380. The molecule has 0 radical (unpaired) electrons. The lowest BCUT2D eigenvalue weighted by Crippen LogP contribution is -2.38. The maximum Gasteiger partial charge on any atom is 0.225 e. The van der Waals surface area contributed by atoms with Crippen LogP contribution in [-0.4, -0.2) is 25.5 Å². The predicted molar refractivity (Wildman–Crippen MR) is 81.6 cm³/mol. The normalized spacial score (nSPS) is 19.1. The molecule has 2 heterocycles. The van der Waals surface area contributed by atoms with E-state index in [1.807, 2.05) is 12.1 Å². The third kappa shape index (κ3) is 5.26. The molecule has 0 spiro atoms. The van der Waals surface area contributed by atoms with Crippen molar-refractivity contribution in [3.8, 4) is 0 Å². The van der Waals surface area contributed by atoms with Crippen molar-refractivity contribution < 1.29 is 4.79 Å². The van der Waals surface area contributed by atoms with Crippen molar-refractivity contribution in [1.82, 2.24) is 10.6 Å². The van der Waals surface area contributed by atoms with Crippen LogP contribution in [0.15, 0.2) is 15.9 Å². The summed E-state index contributed by atoms with van der Waals surface area (Å²) in [6, 6.07) is 3.98. The summed E-state index contributed by atoms with van der Waals surface area (Å²) in [7, 11) is 0. The highest BCUT2D eigenvalue weighted by molar-refractivity contribution is 9.11. The lowest BCUT2D eigenvalue weighted by Gasteiger charge is -2.22. The molecule has 1 atom stereocenters. The summed E-state index contributed by atoms with van der Waals surface area (Å²) in [4.78, 5) is 12.8. The molecule has 0 saturated carbocycles. The van der Waals surface area contributed by atoms with Crippen molar-refractivity contribution in [3.63, 3.8) is 0 Å². The maximum absolute atomic E-state index is 11.7. The average Bonchev–Trinajstić information content (AvgIpc) is 2.73. The molecule has 3 nitrogen and oxygen atoms in total. The monoisotopic (exact) mass is 352 g/mol. The Balaban J connectivity index is 0.00000162. The fourth-order valence-electron chi connectivity index (χ4n) is 2.02. The van der Waals surface area contributed by atoms with Gasteiger partial charge in [-0.05, 0) is 59.9 Å². The number of carbonyl (C=O) groups is 1. The van der Waals surface area contributed by atoms with E-state index in [0.29, 0.717) is 12.3 Å². The van der Waals surface area contributed by atoms with Gasteiger partial charge in [-0.3, -0.25) is 4.79 Å². The van der Waals surface area contributed by atoms with Gasteiger partial charge >= 0.3 is 0 Å². The second kappa shape index (κ2) is 8.15. The van der Waals surface area contributed by atoms with Crippen LogP contribution in [0.25, 0.3) is 0 Å². The van der Waals surface area contributed by atoms with E-state index in [1.54, 1.807) is 11.3 Å². The summed E-state index contributed by atoms with van der Waals surface area (Å²) >= 11 is 5.02. The van der Waals surface area contributed by atoms with Crippen molar-refractivity contribution in [2.75, 3.05) is 19.6 Å². The van der Waals surface area contributed by atoms with E-state index < -0.39 is 0 Å². The van der Waals surface area contributed by atoms with Crippen LogP contribution in [0.1, 0.15) is 17.7 Å². The number of carbonyl (C=O) groups excluding carboxylic acids is 1. The fraction of sp³-hybridized carbons (Fsp3) is 0.583. The third-order valence-corrected chi connectivity index (χ3v) is 4.57. The van der Waals surface area contributed by atoms with E-state index in [2.05, 4.69) is 26.6 Å². The van der Waals surface area contributed by atoms with Gasteiger partial charge in [0, 0.05) is 11.4 Å². The van der Waals surface area contributed by atoms with Gasteiger partial charge in [-0.1, -0.05) is 0 Å². The number of piperidine rings is 1. The third-order valence-electron chi connectivity index (χ3n) is 2.95. The maximum atomic E-state index is 11.7. The first-order valence-corrected chi connectivity index (χ1v) is 7.56. The van der Waals surface area contributed by atoms with Crippen molar-refractivity contribution in [1.29, 1.82) is 0 Å². The molecule has 1 unspecified atom stereocenters. The number of thiophene rings is 1. The Labute approximate surface area is 126 Å². The van der Waals surface area contributed by atoms with Crippen LogP contribution in [0.3, 0.4) is 0 Å². The fourth-order valence-corrected chi connectivity index (χ4v) is 3.51. The highest BCUT2D eigenvalue weighted by Crippen LogP contribution is 2.22. The SMILES string of the molecule is Cl.O=C(Cc1ccc(Br)s1)NCC1CCCNC1. The molecule has 102 valence electrons. The van der Waals surface area contributed by atoms with E-state index in [0.717, 1.165) is 28.3 Å². The second-order valence-electron chi connectivity index (χ2n) is 4.40. The summed E-state index contributed by atoms with van der Waals surface area (Å²) in [6.45, 7) is 2.96. The largest absolute Gasteiger partial charge is 0.355 e. The molecule has 1 saturated heterocycles. The van der Waals surface area contributed by atoms with Crippen LogP contribution in [0, 0.1) is 5.92 Å². The molecule has 6 heteroatoms. The molecule has 2 rings (SSSR count). The molecule has 2 N–H and O–H groups in total. The molecule has 0 bridgehead atoms. The van der Waals surface area contributed by atoms with Gasteiger partial charge in [0.15, 0.2) is 0 Å². The molecule has 1 aliphatic rings. The van der Waals surface area contributed by atoms with Crippen LogP contribution in [0.4, 0.5) is 0 Å². The van der Waals surface area contributed by atoms with Crippen LogP contribution in [-0.2, 0) is 11.2 Å². The Morgan fingerprint density at radius 1 is 1.56 bits per heavy atom. The molecular weight excluding hydrogens is 336 g/mol. The minimum absolute atomic E-state index is 0. The van der Waals surface area contributed by atoms with Crippen molar-refractivity contribution in [2.24, 2.45) is 5.92 Å². The molecule has 1 amide bonds. The number of amides is 1. The van der Waals surface area contributed by atoms with Crippen LogP contribution in [0.5, 0.6) is 0 Å². The predicted octanol–water partition coefficient (Wildman–Crippen LogP) is 2.59. The summed E-state index contributed by atoms with van der Waals surface area (Å²) in [6.07, 6.45) is 2.94. The van der Waals surface area contributed by atoms with Gasteiger partial charge in [0.25, 0.3) is 0 Å². The van der Waals surface area contributed by atoms with Crippen LogP contribution in [0.2, 0.25) is 0 Å². The number of hydrogen-bond acceptors (Lipinski definition) is 3. The first-order chi connectivity index (χ1) is 8.24. The van der Waals surface area contributed by atoms with Crippen molar-refractivity contribution in [2.45, 2.75) is 19.3 Å². The molecule has 0 aromatic carbocycles. The Hall–Kier alpha value is -0.100. The summed E-state index contributed by atoms with van der Waals surface area (Å²) < 4.78 is 1.08. The van der Waals surface area contributed by atoms with Gasteiger partial charge in [-0.25, -0.2) is 0 Å². The first-order valence-electron chi connectivity index (χ1n) is 5.95. The molecule has 1 fully saturated rings. The Morgan fingerprint density at radius 2 is 2.39 bits per heavy atom.